The van der Waals surface area contributed by atoms with Gasteiger partial charge < -0.3 is 20.3 Å². The maximum atomic E-state index is 13.5. The summed E-state index contributed by atoms with van der Waals surface area (Å²) in [4.78, 5) is 17.8. The molecule has 2 amide bonds. The van der Waals surface area contributed by atoms with Crippen molar-refractivity contribution in [2.24, 2.45) is 0 Å². The van der Waals surface area contributed by atoms with Gasteiger partial charge in [0.05, 0.1) is 7.11 Å². The number of carbonyl (C=O) groups excluding carboxylic acids is 1. The molecule has 0 atom stereocenters. The third-order valence-electron chi connectivity index (χ3n) is 6.77. The fourth-order valence-electron chi connectivity index (χ4n) is 4.84. The molecule has 1 saturated heterocycles. The van der Waals surface area contributed by atoms with Gasteiger partial charge in [0.1, 0.15) is 5.75 Å². The number of hydrogen-bond donors (Lipinski definition) is 2. The van der Waals surface area contributed by atoms with Gasteiger partial charge in [-0.25, -0.2) is 4.79 Å². The molecule has 0 aliphatic carbocycles. The quantitative estimate of drug-likeness (QED) is 0.313. The van der Waals surface area contributed by atoms with E-state index >= 15 is 0 Å². The van der Waals surface area contributed by atoms with Crippen LogP contribution in [-0.4, -0.2) is 68.8 Å². The maximum Gasteiger partial charge on any atom is 0.322 e. The first-order valence-corrected chi connectivity index (χ1v) is 13.0. The standard InChI is InChI=1S/C31H38N4O2.ClH/c1-25(23-34-20-17-32-18-21-34)24-35(31(36)33-28-14-9-15-29(22-28)37-2)19-16-30(26-10-5-3-6-11-26)27-12-7-4-8-13-27;/h3-15,22,30,32H,1,16-21,23-24H2,2H3,(H,33,36);1H. The second-order valence-electron chi connectivity index (χ2n) is 9.52. The van der Waals surface area contributed by atoms with E-state index in [1.165, 1.54) is 11.1 Å². The molecule has 1 aliphatic heterocycles. The second-order valence-corrected chi connectivity index (χ2v) is 9.52. The first-order valence-electron chi connectivity index (χ1n) is 13.0. The van der Waals surface area contributed by atoms with Gasteiger partial charge in [-0.3, -0.25) is 4.90 Å². The molecule has 0 unspecified atom stereocenters. The highest BCUT2D eigenvalue weighted by molar-refractivity contribution is 5.89. The minimum absolute atomic E-state index is 0. The molecule has 7 heteroatoms. The summed E-state index contributed by atoms with van der Waals surface area (Å²) in [6.07, 6.45) is 0.806. The van der Waals surface area contributed by atoms with Crippen molar-refractivity contribution in [2.75, 3.05) is 58.2 Å². The lowest BCUT2D eigenvalue weighted by Crippen LogP contribution is -2.45. The molecule has 2 N–H and O–H groups in total. The van der Waals surface area contributed by atoms with Gasteiger partial charge in [-0.15, -0.1) is 12.4 Å². The molecule has 0 bridgehead atoms. The Morgan fingerprint density at radius 3 is 2.24 bits per heavy atom. The number of nitrogens with one attached hydrogen (secondary N) is 2. The lowest BCUT2D eigenvalue weighted by atomic mass is 9.88. The number of anilines is 1. The van der Waals surface area contributed by atoms with Crippen LogP contribution in [0.4, 0.5) is 10.5 Å². The number of urea groups is 1. The number of amides is 2. The van der Waals surface area contributed by atoms with E-state index in [1.54, 1.807) is 7.11 Å². The van der Waals surface area contributed by atoms with E-state index in [9.17, 15) is 4.79 Å². The molecular formula is C31H39ClN4O2. The Labute approximate surface area is 233 Å². The molecule has 0 aromatic heterocycles. The van der Waals surface area contributed by atoms with Gasteiger partial charge in [0.25, 0.3) is 0 Å². The molecule has 1 aliphatic rings. The van der Waals surface area contributed by atoms with Crippen molar-refractivity contribution in [1.29, 1.82) is 0 Å². The van der Waals surface area contributed by atoms with E-state index < -0.39 is 0 Å². The van der Waals surface area contributed by atoms with Crippen LogP contribution < -0.4 is 15.4 Å². The van der Waals surface area contributed by atoms with E-state index in [-0.39, 0.29) is 24.4 Å². The number of rotatable bonds is 11. The zero-order chi connectivity index (χ0) is 25.9. The van der Waals surface area contributed by atoms with Crippen molar-refractivity contribution in [3.05, 3.63) is 108 Å². The summed E-state index contributed by atoms with van der Waals surface area (Å²) in [7, 11) is 1.63. The van der Waals surface area contributed by atoms with Gasteiger partial charge in [-0.1, -0.05) is 73.3 Å². The summed E-state index contributed by atoms with van der Waals surface area (Å²) in [5.41, 5.74) is 4.26. The van der Waals surface area contributed by atoms with Crippen LogP contribution >= 0.6 is 12.4 Å². The molecule has 202 valence electrons. The van der Waals surface area contributed by atoms with Crippen molar-refractivity contribution in [3.8, 4) is 5.75 Å². The summed E-state index contributed by atoms with van der Waals surface area (Å²) >= 11 is 0. The number of methoxy groups -OCH3 is 1. The summed E-state index contributed by atoms with van der Waals surface area (Å²) in [5.74, 6) is 0.900. The largest absolute Gasteiger partial charge is 0.497 e. The highest BCUT2D eigenvalue weighted by atomic mass is 35.5. The summed E-state index contributed by atoms with van der Waals surface area (Å²) in [6, 6.07) is 28.4. The van der Waals surface area contributed by atoms with Gasteiger partial charge in [0, 0.05) is 63.5 Å². The van der Waals surface area contributed by atoms with Crippen LogP contribution in [0, 0.1) is 0 Å². The normalized spacial score (nSPS) is 13.4. The predicted molar refractivity (Wildman–Crippen MR) is 159 cm³/mol. The average Bonchev–Trinajstić information content (AvgIpc) is 2.94. The molecule has 1 fully saturated rings. The third kappa shape index (κ3) is 8.62. The van der Waals surface area contributed by atoms with Gasteiger partial charge in [-0.2, -0.15) is 0 Å². The molecule has 6 nitrogen and oxygen atoms in total. The van der Waals surface area contributed by atoms with Crippen molar-refractivity contribution in [1.82, 2.24) is 15.1 Å². The van der Waals surface area contributed by atoms with E-state index in [2.05, 4.69) is 70.6 Å². The molecule has 38 heavy (non-hydrogen) atoms. The number of carbonyl (C=O) groups is 1. The first-order chi connectivity index (χ1) is 18.1. The average molecular weight is 535 g/mol. The van der Waals surface area contributed by atoms with E-state index in [1.807, 2.05) is 41.3 Å². The van der Waals surface area contributed by atoms with Crippen molar-refractivity contribution >= 4 is 24.1 Å². The molecular weight excluding hydrogens is 496 g/mol. The number of piperazine rings is 1. The highest BCUT2D eigenvalue weighted by Crippen LogP contribution is 2.28. The smallest absolute Gasteiger partial charge is 0.322 e. The molecule has 3 aromatic carbocycles. The monoisotopic (exact) mass is 534 g/mol. The number of hydrogen-bond acceptors (Lipinski definition) is 4. The molecule has 0 spiro atoms. The van der Waals surface area contributed by atoms with Gasteiger partial charge in [0.15, 0.2) is 0 Å². The zero-order valence-electron chi connectivity index (χ0n) is 22.1. The molecule has 4 rings (SSSR count). The Kier molecular flexibility index (Phi) is 11.7. The number of halogens is 1. The first kappa shape index (κ1) is 29.2. The lowest BCUT2D eigenvalue weighted by Gasteiger charge is -2.31. The van der Waals surface area contributed by atoms with Crippen LogP contribution in [0.15, 0.2) is 97.1 Å². The Balaban J connectivity index is 0.00000400. The van der Waals surface area contributed by atoms with Crippen molar-refractivity contribution in [3.63, 3.8) is 0 Å². The van der Waals surface area contributed by atoms with Crippen molar-refractivity contribution < 1.29 is 9.53 Å². The Morgan fingerprint density at radius 2 is 1.63 bits per heavy atom. The van der Waals surface area contributed by atoms with E-state index in [0.717, 1.165) is 44.7 Å². The van der Waals surface area contributed by atoms with Crippen LogP contribution in [-0.2, 0) is 0 Å². The van der Waals surface area contributed by atoms with Crippen LogP contribution in [0.5, 0.6) is 5.75 Å². The highest BCUT2D eigenvalue weighted by Gasteiger charge is 2.21. The fraction of sp³-hybridized carbons (Fsp3) is 0.323. The zero-order valence-corrected chi connectivity index (χ0v) is 23.0. The second kappa shape index (κ2) is 15.2. The summed E-state index contributed by atoms with van der Waals surface area (Å²) in [6.45, 7) is 10.2. The Hall–Kier alpha value is -3.32. The van der Waals surface area contributed by atoms with Crippen LogP contribution in [0.25, 0.3) is 0 Å². The summed E-state index contributed by atoms with van der Waals surface area (Å²) < 4.78 is 5.33. The fourth-order valence-corrected chi connectivity index (χ4v) is 4.84. The van der Waals surface area contributed by atoms with Crippen molar-refractivity contribution in [2.45, 2.75) is 12.3 Å². The van der Waals surface area contributed by atoms with Gasteiger partial charge in [0.2, 0.25) is 0 Å². The van der Waals surface area contributed by atoms with Crippen LogP contribution in [0.1, 0.15) is 23.5 Å². The molecule has 0 saturated carbocycles. The SMILES string of the molecule is C=C(CN1CCNCC1)CN(CCC(c1ccccc1)c1ccccc1)C(=O)Nc1cccc(OC)c1.Cl. The summed E-state index contributed by atoms with van der Waals surface area (Å²) in [5, 5.41) is 6.46. The van der Waals surface area contributed by atoms with E-state index in [0.29, 0.717) is 24.5 Å². The topological polar surface area (TPSA) is 56.8 Å². The number of nitrogens with zero attached hydrogens (tertiary/aromatic N) is 2. The van der Waals surface area contributed by atoms with E-state index in [4.69, 9.17) is 4.74 Å². The minimum atomic E-state index is -0.130. The Morgan fingerprint density at radius 1 is 1.00 bits per heavy atom. The molecule has 1 heterocycles. The number of benzene rings is 3. The Bertz CT molecular complexity index is 1100. The molecule has 0 radical (unpaired) electrons. The third-order valence-corrected chi connectivity index (χ3v) is 6.77. The van der Waals surface area contributed by atoms with Gasteiger partial charge >= 0.3 is 6.03 Å². The molecule has 3 aromatic rings. The maximum absolute atomic E-state index is 13.5. The van der Waals surface area contributed by atoms with Crippen LogP contribution in [0.3, 0.4) is 0 Å². The minimum Gasteiger partial charge on any atom is -0.497 e. The number of ether oxygens (including phenoxy) is 1. The lowest BCUT2D eigenvalue weighted by molar-refractivity contribution is 0.210. The van der Waals surface area contributed by atoms with Crippen LogP contribution in [0.2, 0.25) is 0 Å². The van der Waals surface area contributed by atoms with Gasteiger partial charge in [-0.05, 0) is 35.3 Å². The predicted octanol–water partition coefficient (Wildman–Crippen LogP) is 5.63.